The summed E-state index contributed by atoms with van der Waals surface area (Å²) >= 11 is 0. The fourth-order valence-corrected chi connectivity index (χ4v) is 4.57. The van der Waals surface area contributed by atoms with E-state index < -0.39 is 23.5 Å². The minimum Gasteiger partial charge on any atom is -0.483 e. The van der Waals surface area contributed by atoms with Crippen LogP contribution in [0.3, 0.4) is 0 Å². The highest BCUT2D eigenvalue weighted by molar-refractivity contribution is 6.04. The van der Waals surface area contributed by atoms with Crippen molar-refractivity contribution in [2.45, 2.75) is 53.1 Å². The SMILES string of the molecule is CCOC(=O)C1=C(C)NC2=C(C(=O)CC(C)(C)C2)C1c1ccc(COc2ccc(F)cc2F)o1. The molecule has 1 aromatic carbocycles. The largest absolute Gasteiger partial charge is 0.483 e. The van der Waals surface area contributed by atoms with Crippen molar-refractivity contribution in [1.82, 2.24) is 5.32 Å². The fraction of sp³-hybridized carbons (Fsp3) is 0.385. The maximum Gasteiger partial charge on any atom is 0.336 e. The van der Waals surface area contributed by atoms with Crippen LogP contribution in [0.1, 0.15) is 58.0 Å². The van der Waals surface area contributed by atoms with Gasteiger partial charge in [-0.1, -0.05) is 13.8 Å². The van der Waals surface area contributed by atoms with Gasteiger partial charge in [-0.2, -0.15) is 0 Å². The Morgan fingerprint density at radius 3 is 2.68 bits per heavy atom. The summed E-state index contributed by atoms with van der Waals surface area (Å²) in [5.74, 6) is -2.18. The van der Waals surface area contributed by atoms with Gasteiger partial charge in [0.15, 0.2) is 17.3 Å². The van der Waals surface area contributed by atoms with E-state index in [1.54, 1.807) is 26.0 Å². The number of ether oxygens (including phenoxy) is 2. The van der Waals surface area contributed by atoms with Crippen molar-refractivity contribution in [2.24, 2.45) is 5.41 Å². The first-order chi connectivity index (χ1) is 16.1. The molecule has 34 heavy (non-hydrogen) atoms. The molecule has 0 spiro atoms. The first-order valence-electron chi connectivity index (χ1n) is 11.2. The molecule has 1 aliphatic heterocycles. The molecule has 1 unspecified atom stereocenters. The van der Waals surface area contributed by atoms with Crippen LogP contribution in [0, 0.1) is 17.0 Å². The predicted octanol–water partition coefficient (Wildman–Crippen LogP) is 5.30. The van der Waals surface area contributed by atoms with Crippen molar-refractivity contribution in [3.8, 4) is 5.75 Å². The van der Waals surface area contributed by atoms with Crippen molar-refractivity contribution in [2.75, 3.05) is 6.61 Å². The third-order valence-corrected chi connectivity index (χ3v) is 5.97. The second-order valence-electron chi connectivity index (χ2n) is 9.32. The van der Waals surface area contributed by atoms with Gasteiger partial charge in [0.1, 0.15) is 23.9 Å². The molecule has 1 N–H and O–H groups in total. The number of benzene rings is 1. The number of carbonyl (C=O) groups excluding carboxylic acids is 2. The average molecular weight is 472 g/mol. The molecule has 1 aliphatic carbocycles. The van der Waals surface area contributed by atoms with Crippen LogP contribution in [0.5, 0.6) is 5.75 Å². The number of nitrogens with one attached hydrogen (secondary N) is 1. The Hall–Kier alpha value is -3.42. The zero-order valence-corrected chi connectivity index (χ0v) is 19.6. The molecule has 180 valence electrons. The summed E-state index contributed by atoms with van der Waals surface area (Å²) in [6.07, 6.45) is 0.998. The highest BCUT2D eigenvalue weighted by atomic mass is 19.1. The quantitative estimate of drug-likeness (QED) is 0.576. The highest BCUT2D eigenvalue weighted by Crippen LogP contribution is 2.47. The van der Waals surface area contributed by atoms with Crippen LogP contribution in [0.15, 0.2) is 57.3 Å². The average Bonchev–Trinajstić information content (AvgIpc) is 3.20. The van der Waals surface area contributed by atoms with Crippen molar-refractivity contribution in [1.29, 1.82) is 0 Å². The normalized spacial score (nSPS) is 19.6. The number of allylic oxidation sites excluding steroid dienone is 3. The molecule has 1 atom stereocenters. The topological polar surface area (TPSA) is 77.8 Å². The minimum atomic E-state index is -0.821. The molecule has 0 fully saturated rings. The van der Waals surface area contributed by atoms with Crippen LogP contribution in [0.4, 0.5) is 8.78 Å². The summed E-state index contributed by atoms with van der Waals surface area (Å²) in [6, 6.07) is 6.37. The molecule has 1 aromatic heterocycles. The molecule has 0 saturated carbocycles. The Morgan fingerprint density at radius 2 is 1.97 bits per heavy atom. The molecule has 2 heterocycles. The zero-order chi connectivity index (χ0) is 24.6. The lowest BCUT2D eigenvalue weighted by atomic mass is 9.69. The number of hydrogen-bond acceptors (Lipinski definition) is 6. The van der Waals surface area contributed by atoms with Gasteiger partial charge < -0.3 is 19.2 Å². The van der Waals surface area contributed by atoms with Gasteiger partial charge in [-0.3, -0.25) is 4.79 Å². The van der Waals surface area contributed by atoms with E-state index in [1.807, 2.05) is 13.8 Å². The monoisotopic (exact) mass is 471 g/mol. The van der Waals surface area contributed by atoms with E-state index in [-0.39, 0.29) is 30.2 Å². The first-order valence-corrected chi connectivity index (χ1v) is 11.2. The number of ketones is 1. The standard InChI is InChI=1S/C26H27F2NO5/c1-5-32-25(31)22-14(2)29-18-11-26(3,4)12-19(30)23(18)24(22)21-9-7-16(34-21)13-33-20-8-6-15(27)10-17(20)28/h6-10,24,29H,5,11-13H2,1-4H3. The number of esters is 1. The zero-order valence-electron chi connectivity index (χ0n) is 19.6. The van der Waals surface area contributed by atoms with Crippen LogP contribution in [0.2, 0.25) is 0 Å². The summed E-state index contributed by atoms with van der Waals surface area (Å²) in [4.78, 5) is 26.1. The highest BCUT2D eigenvalue weighted by Gasteiger charge is 2.44. The molecule has 0 amide bonds. The van der Waals surface area contributed by atoms with Gasteiger partial charge in [0.25, 0.3) is 0 Å². The third-order valence-electron chi connectivity index (χ3n) is 5.97. The Morgan fingerprint density at radius 1 is 1.21 bits per heavy atom. The lowest BCUT2D eigenvalue weighted by molar-refractivity contribution is -0.138. The molecular formula is C26H27F2NO5. The molecule has 2 aromatic rings. The number of hydrogen-bond donors (Lipinski definition) is 1. The van der Waals surface area contributed by atoms with Crippen LogP contribution in [0.25, 0.3) is 0 Å². The number of furan rings is 1. The van der Waals surface area contributed by atoms with Gasteiger partial charge in [0.05, 0.1) is 18.1 Å². The van der Waals surface area contributed by atoms with Crippen LogP contribution in [-0.4, -0.2) is 18.4 Å². The van der Waals surface area contributed by atoms with Gasteiger partial charge in [0.2, 0.25) is 0 Å². The predicted molar refractivity (Wildman–Crippen MR) is 120 cm³/mol. The molecule has 0 saturated heterocycles. The molecule has 0 bridgehead atoms. The number of halogens is 2. The van der Waals surface area contributed by atoms with E-state index in [0.717, 1.165) is 17.8 Å². The van der Waals surface area contributed by atoms with E-state index >= 15 is 0 Å². The lowest BCUT2D eigenvalue weighted by Crippen LogP contribution is -2.38. The van der Waals surface area contributed by atoms with E-state index in [9.17, 15) is 18.4 Å². The molecule has 6 nitrogen and oxygen atoms in total. The van der Waals surface area contributed by atoms with E-state index in [2.05, 4.69) is 5.32 Å². The molecular weight excluding hydrogens is 444 g/mol. The Bertz CT molecular complexity index is 1210. The smallest absolute Gasteiger partial charge is 0.336 e. The number of dihydropyridines is 1. The van der Waals surface area contributed by atoms with Gasteiger partial charge in [0, 0.05) is 29.5 Å². The Labute approximate surface area is 196 Å². The van der Waals surface area contributed by atoms with Crippen molar-refractivity contribution >= 4 is 11.8 Å². The van der Waals surface area contributed by atoms with Crippen LogP contribution >= 0.6 is 0 Å². The fourth-order valence-electron chi connectivity index (χ4n) is 4.57. The number of Topliss-reactive ketones (excluding diaryl/α,β-unsaturated/α-hetero) is 1. The van der Waals surface area contributed by atoms with Gasteiger partial charge in [-0.15, -0.1) is 0 Å². The molecule has 8 heteroatoms. The minimum absolute atomic E-state index is 0.0550. The summed E-state index contributed by atoms with van der Waals surface area (Å²) in [6.45, 7) is 7.63. The van der Waals surface area contributed by atoms with Gasteiger partial charge in [-0.25, -0.2) is 13.6 Å². The summed E-state index contributed by atoms with van der Waals surface area (Å²) in [7, 11) is 0. The van der Waals surface area contributed by atoms with E-state index in [1.165, 1.54) is 6.07 Å². The number of rotatable bonds is 6. The molecule has 2 aliphatic rings. The van der Waals surface area contributed by atoms with E-state index in [0.29, 0.717) is 41.2 Å². The maximum absolute atomic E-state index is 13.9. The second kappa shape index (κ2) is 9.08. The second-order valence-corrected chi connectivity index (χ2v) is 9.32. The third kappa shape index (κ3) is 4.62. The number of carbonyl (C=O) groups is 2. The first kappa shape index (κ1) is 23.7. The van der Waals surface area contributed by atoms with Crippen molar-refractivity contribution in [3.63, 3.8) is 0 Å². The summed E-state index contributed by atoms with van der Waals surface area (Å²) in [5.41, 5.74) is 1.99. The maximum atomic E-state index is 13.9. The lowest BCUT2D eigenvalue weighted by Gasteiger charge is -2.38. The van der Waals surface area contributed by atoms with Crippen molar-refractivity contribution < 1.29 is 32.3 Å². The Balaban J connectivity index is 1.68. The summed E-state index contributed by atoms with van der Waals surface area (Å²) < 4.78 is 43.7. The molecule has 4 rings (SSSR count). The van der Waals surface area contributed by atoms with Gasteiger partial charge >= 0.3 is 5.97 Å². The molecule has 0 radical (unpaired) electrons. The van der Waals surface area contributed by atoms with Crippen LogP contribution < -0.4 is 10.1 Å². The summed E-state index contributed by atoms with van der Waals surface area (Å²) in [5, 5.41) is 3.26. The van der Waals surface area contributed by atoms with Crippen molar-refractivity contribution in [3.05, 3.63) is 76.0 Å². The Kier molecular flexibility index (Phi) is 6.34. The van der Waals surface area contributed by atoms with Crippen LogP contribution in [-0.2, 0) is 20.9 Å². The van der Waals surface area contributed by atoms with E-state index in [4.69, 9.17) is 13.9 Å². The van der Waals surface area contributed by atoms with Gasteiger partial charge in [-0.05, 0) is 49.9 Å².